The first-order chi connectivity index (χ1) is 8.63. The molecule has 1 heterocycles. The molecule has 1 aromatic carbocycles. The van der Waals surface area contributed by atoms with Gasteiger partial charge in [-0.15, -0.1) is 11.6 Å². The number of aromatic nitrogens is 2. The van der Waals surface area contributed by atoms with Crippen molar-refractivity contribution in [1.82, 2.24) is 9.55 Å². The van der Waals surface area contributed by atoms with Crippen molar-refractivity contribution in [2.24, 2.45) is 5.92 Å². The van der Waals surface area contributed by atoms with Gasteiger partial charge in [0.1, 0.15) is 5.82 Å². The molecule has 3 rings (SSSR count). The van der Waals surface area contributed by atoms with E-state index in [1.54, 1.807) is 0 Å². The summed E-state index contributed by atoms with van der Waals surface area (Å²) < 4.78 is 2.38. The molecule has 18 heavy (non-hydrogen) atoms. The Balaban J connectivity index is 2.20. The lowest BCUT2D eigenvalue weighted by atomic mass is 10.2. The van der Waals surface area contributed by atoms with Crippen molar-refractivity contribution in [3.63, 3.8) is 0 Å². The highest BCUT2D eigenvalue weighted by molar-refractivity contribution is 6.20. The summed E-state index contributed by atoms with van der Waals surface area (Å²) in [6.07, 6.45) is 2.51. The second-order valence-corrected chi connectivity index (χ2v) is 6.02. The maximum atomic E-state index is 6.31. The molecule has 96 valence electrons. The summed E-state index contributed by atoms with van der Waals surface area (Å²) in [6, 6.07) is 7.01. The standard InChI is InChI=1S/C15H19ClN2/c1-4-11-8-13(11)18-12-7-5-6-9(2)14(12)17-15(18)10(3)16/h5-7,10-11,13H,4,8H2,1-3H3. The molecule has 1 saturated carbocycles. The van der Waals surface area contributed by atoms with Gasteiger partial charge in [0.2, 0.25) is 0 Å². The van der Waals surface area contributed by atoms with E-state index in [0.717, 1.165) is 17.3 Å². The van der Waals surface area contributed by atoms with Crippen LogP contribution in [0.15, 0.2) is 18.2 Å². The van der Waals surface area contributed by atoms with Crippen molar-refractivity contribution in [3.05, 3.63) is 29.6 Å². The molecule has 1 fully saturated rings. The largest absolute Gasteiger partial charge is 0.323 e. The van der Waals surface area contributed by atoms with E-state index in [-0.39, 0.29) is 5.38 Å². The fraction of sp³-hybridized carbons (Fsp3) is 0.533. The van der Waals surface area contributed by atoms with Gasteiger partial charge in [0.05, 0.1) is 16.4 Å². The molecule has 1 aromatic heterocycles. The molecular weight excluding hydrogens is 244 g/mol. The highest BCUT2D eigenvalue weighted by Crippen LogP contribution is 2.48. The van der Waals surface area contributed by atoms with Gasteiger partial charge in [0.15, 0.2) is 0 Å². The summed E-state index contributed by atoms with van der Waals surface area (Å²) in [6.45, 7) is 6.39. The van der Waals surface area contributed by atoms with Crippen LogP contribution in [0.2, 0.25) is 0 Å². The molecule has 1 aliphatic carbocycles. The van der Waals surface area contributed by atoms with Gasteiger partial charge < -0.3 is 4.57 Å². The van der Waals surface area contributed by atoms with E-state index in [0.29, 0.717) is 6.04 Å². The zero-order chi connectivity index (χ0) is 12.9. The van der Waals surface area contributed by atoms with E-state index in [1.165, 1.54) is 23.9 Å². The van der Waals surface area contributed by atoms with Crippen LogP contribution >= 0.6 is 11.6 Å². The highest BCUT2D eigenvalue weighted by Gasteiger charge is 2.39. The Hall–Kier alpha value is -1.02. The van der Waals surface area contributed by atoms with Crippen molar-refractivity contribution in [2.45, 2.75) is 45.0 Å². The Morgan fingerprint density at radius 3 is 2.89 bits per heavy atom. The van der Waals surface area contributed by atoms with E-state index in [9.17, 15) is 0 Å². The molecule has 1 aliphatic rings. The molecule has 0 bridgehead atoms. The van der Waals surface area contributed by atoms with Crippen molar-refractivity contribution < 1.29 is 0 Å². The topological polar surface area (TPSA) is 17.8 Å². The van der Waals surface area contributed by atoms with E-state index < -0.39 is 0 Å². The molecule has 2 aromatic rings. The molecule has 0 N–H and O–H groups in total. The Morgan fingerprint density at radius 2 is 2.28 bits per heavy atom. The molecule has 0 aliphatic heterocycles. The molecular formula is C15H19ClN2. The second kappa shape index (κ2) is 4.27. The quantitative estimate of drug-likeness (QED) is 0.739. The molecule has 2 nitrogen and oxygen atoms in total. The minimum absolute atomic E-state index is 0.0325. The molecule has 0 radical (unpaired) electrons. The summed E-state index contributed by atoms with van der Waals surface area (Å²) in [4.78, 5) is 4.77. The van der Waals surface area contributed by atoms with Gasteiger partial charge in [0.25, 0.3) is 0 Å². The van der Waals surface area contributed by atoms with Gasteiger partial charge in [-0.25, -0.2) is 4.98 Å². The Labute approximate surface area is 113 Å². The van der Waals surface area contributed by atoms with Crippen molar-refractivity contribution in [3.8, 4) is 0 Å². The third-order valence-corrected chi connectivity index (χ3v) is 4.24. The maximum absolute atomic E-state index is 6.31. The number of nitrogens with zero attached hydrogens (tertiary/aromatic N) is 2. The smallest absolute Gasteiger partial charge is 0.127 e. The number of hydrogen-bond acceptors (Lipinski definition) is 1. The van der Waals surface area contributed by atoms with Crippen LogP contribution in [0.3, 0.4) is 0 Å². The minimum atomic E-state index is -0.0325. The summed E-state index contributed by atoms with van der Waals surface area (Å²) >= 11 is 6.31. The summed E-state index contributed by atoms with van der Waals surface area (Å²) in [7, 11) is 0. The number of fused-ring (bicyclic) bond motifs is 1. The first-order valence-corrected chi connectivity index (χ1v) is 7.18. The van der Waals surface area contributed by atoms with Crippen LogP contribution in [0.4, 0.5) is 0 Å². The predicted octanol–water partition coefficient (Wildman–Crippen LogP) is 4.62. The van der Waals surface area contributed by atoms with Gasteiger partial charge in [-0.2, -0.15) is 0 Å². The number of aryl methyl sites for hydroxylation is 1. The Kier molecular flexibility index (Phi) is 2.86. The van der Waals surface area contributed by atoms with Crippen LogP contribution in [-0.4, -0.2) is 9.55 Å². The monoisotopic (exact) mass is 262 g/mol. The molecule has 3 unspecified atom stereocenters. The van der Waals surface area contributed by atoms with Crippen LogP contribution in [0, 0.1) is 12.8 Å². The van der Waals surface area contributed by atoms with Crippen LogP contribution in [0.25, 0.3) is 11.0 Å². The van der Waals surface area contributed by atoms with Gasteiger partial charge in [-0.1, -0.05) is 25.5 Å². The third kappa shape index (κ3) is 1.74. The van der Waals surface area contributed by atoms with E-state index in [1.807, 2.05) is 6.92 Å². The van der Waals surface area contributed by atoms with Gasteiger partial charge in [-0.3, -0.25) is 0 Å². The molecule has 0 saturated heterocycles. The number of para-hydroxylation sites is 1. The summed E-state index contributed by atoms with van der Waals surface area (Å²) in [5.74, 6) is 1.83. The maximum Gasteiger partial charge on any atom is 0.127 e. The fourth-order valence-corrected chi connectivity index (χ4v) is 3.04. The number of alkyl halides is 1. The third-order valence-electron chi connectivity index (χ3n) is 4.05. The van der Waals surface area contributed by atoms with Crippen LogP contribution in [0.1, 0.15) is 49.5 Å². The van der Waals surface area contributed by atoms with Crippen LogP contribution < -0.4 is 0 Å². The van der Waals surface area contributed by atoms with Crippen molar-refractivity contribution in [2.75, 3.05) is 0 Å². The van der Waals surface area contributed by atoms with Gasteiger partial charge in [-0.05, 0) is 37.8 Å². The number of imidazole rings is 1. The number of halogens is 1. The summed E-state index contributed by atoms with van der Waals surface area (Å²) in [5.41, 5.74) is 3.60. The lowest BCUT2D eigenvalue weighted by molar-refractivity contribution is 0.624. The number of benzene rings is 1. The molecule has 0 amide bonds. The van der Waals surface area contributed by atoms with Crippen LogP contribution in [0.5, 0.6) is 0 Å². The van der Waals surface area contributed by atoms with Crippen molar-refractivity contribution in [1.29, 1.82) is 0 Å². The highest BCUT2D eigenvalue weighted by atomic mass is 35.5. The number of hydrogen-bond donors (Lipinski definition) is 0. The second-order valence-electron chi connectivity index (χ2n) is 5.37. The average Bonchev–Trinajstić information content (AvgIpc) is 3.01. The van der Waals surface area contributed by atoms with Gasteiger partial charge >= 0.3 is 0 Å². The zero-order valence-electron chi connectivity index (χ0n) is 11.2. The van der Waals surface area contributed by atoms with E-state index in [2.05, 4.69) is 36.6 Å². The minimum Gasteiger partial charge on any atom is -0.323 e. The first kappa shape index (κ1) is 12.0. The van der Waals surface area contributed by atoms with E-state index in [4.69, 9.17) is 16.6 Å². The molecule has 3 atom stereocenters. The Bertz CT molecular complexity index is 585. The number of rotatable bonds is 3. The Morgan fingerprint density at radius 1 is 1.50 bits per heavy atom. The summed E-state index contributed by atoms with van der Waals surface area (Å²) in [5, 5.41) is -0.0325. The average molecular weight is 263 g/mol. The van der Waals surface area contributed by atoms with Crippen molar-refractivity contribution >= 4 is 22.6 Å². The molecule has 3 heteroatoms. The lowest BCUT2D eigenvalue weighted by Gasteiger charge is -2.10. The fourth-order valence-electron chi connectivity index (χ4n) is 2.89. The van der Waals surface area contributed by atoms with Gasteiger partial charge in [0, 0.05) is 6.04 Å². The molecule has 0 spiro atoms. The first-order valence-electron chi connectivity index (χ1n) is 6.75. The predicted molar refractivity (Wildman–Crippen MR) is 76.2 cm³/mol. The van der Waals surface area contributed by atoms with Crippen LogP contribution in [-0.2, 0) is 0 Å². The normalized spacial score (nSPS) is 24.4. The lowest BCUT2D eigenvalue weighted by Crippen LogP contribution is -2.03. The SMILES string of the molecule is CCC1CC1n1c(C(C)Cl)nc2c(C)cccc21. The van der Waals surface area contributed by atoms with E-state index >= 15 is 0 Å². The zero-order valence-corrected chi connectivity index (χ0v) is 11.9.